The number of hydrogen-bond acceptors (Lipinski definition) is 3. The zero-order chi connectivity index (χ0) is 15.2. The number of halogens is 3. The van der Waals surface area contributed by atoms with E-state index >= 15 is 0 Å². The van der Waals surface area contributed by atoms with Crippen molar-refractivity contribution in [3.63, 3.8) is 0 Å². The Kier molecular flexibility index (Phi) is 5.83. The second-order valence-corrected chi connectivity index (χ2v) is 4.84. The monoisotopic (exact) mass is 291 g/mol. The lowest BCUT2D eigenvalue weighted by atomic mass is 10.00. The quantitative estimate of drug-likeness (QED) is 0.811. The molecule has 2 N–H and O–H groups in total. The van der Waals surface area contributed by atoms with E-state index in [9.17, 15) is 18.3 Å². The Labute approximate surface area is 116 Å². The third-order valence-corrected chi connectivity index (χ3v) is 3.06. The molecule has 114 valence electrons. The normalized spacial score (nSPS) is 14.9. The maximum absolute atomic E-state index is 12.8. The topological polar surface area (TPSA) is 41.5 Å². The number of ether oxygens (including phenoxy) is 1. The van der Waals surface area contributed by atoms with Crippen molar-refractivity contribution < 1.29 is 23.0 Å². The Hall–Kier alpha value is -1.27. The molecule has 0 fully saturated rings. The third-order valence-electron chi connectivity index (χ3n) is 3.06. The van der Waals surface area contributed by atoms with E-state index in [0.29, 0.717) is 13.0 Å². The Balaban J connectivity index is 2.67. The summed E-state index contributed by atoms with van der Waals surface area (Å²) in [5.74, 6) is -0.184. The maximum Gasteiger partial charge on any atom is 0.419 e. The zero-order valence-corrected chi connectivity index (χ0v) is 11.6. The molecular weight excluding hydrogens is 271 g/mol. The molecular formula is C14H20F3NO2. The summed E-state index contributed by atoms with van der Waals surface area (Å²) in [6.07, 6.45) is -4.03. The van der Waals surface area contributed by atoms with Gasteiger partial charge >= 0.3 is 6.18 Å². The van der Waals surface area contributed by atoms with Crippen molar-refractivity contribution in [3.05, 3.63) is 29.8 Å². The Morgan fingerprint density at radius 3 is 2.45 bits per heavy atom. The first-order valence-electron chi connectivity index (χ1n) is 6.47. The van der Waals surface area contributed by atoms with Gasteiger partial charge in [0.15, 0.2) is 0 Å². The summed E-state index contributed by atoms with van der Waals surface area (Å²) >= 11 is 0. The molecule has 6 heteroatoms. The van der Waals surface area contributed by atoms with Gasteiger partial charge in [0.25, 0.3) is 0 Å². The van der Waals surface area contributed by atoms with Gasteiger partial charge in [0, 0.05) is 12.0 Å². The minimum Gasteiger partial charge on any atom is -0.493 e. The molecule has 0 aliphatic heterocycles. The number of benzene rings is 1. The average Bonchev–Trinajstić information content (AvgIpc) is 2.38. The molecule has 0 heterocycles. The van der Waals surface area contributed by atoms with E-state index in [-0.39, 0.29) is 19.0 Å². The number of aliphatic hydroxyl groups is 1. The fourth-order valence-corrected chi connectivity index (χ4v) is 1.86. The summed E-state index contributed by atoms with van der Waals surface area (Å²) < 4.78 is 43.5. The molecule has 0 aliphatic carbocycles. The van der Waals surface area contributed by atoms with E-state index in [4.69, 9.17) is 4.74 Å². The number of likely N-dealkylation sites (N-methyl/N-ethyl adjacent to an activating group) is 1. The summed E-state index contributed by atoms with van der Waals surface area (Å²) in [5, 5.41) is 12.4. The van der Waals surface area contributed by atoms with E-state index in [2.05, 4.69) is 5.32 Å². The third kappa shape index (κ3) is 4.68. The highest BCUT2D eigenvalue weighted by molar-refractivity contribution is 5.35. The molecule has 0 aromatic heterocycles. The van der Waals surface area contributed by atoms with Crippen LogP contribution >= 0.6 is 0 Å². The molecule has 1 aromatic rings. The van der Waals surface area contributed by atoms with Gasteiger partial charge in [-0.25, -0.2) is 0 Å². The van der Waals surface area contributed by atoms with Crippen LogP contribution in [0.15, 0.2) is 24.3 Å². The molecule has 3 nitrogen and oxygen atoms in total. The van der Waals surface area contributed by atoms with Crippen molar-refractivity contribution in [2.24, 2.45) is 0 Å². The summed E-state index contributed by atoms with van der Waals surface area (Å²) in [6, 6.07) is 5.11. The highest BCUT2D eigenvalue weighted by Gasteiger charge is 2.34. The highest BCUT2D eigenvalue weighted by Crippen LogP contribution is 2.35. The number of rotatable bonds is 7. The SMILES string of the molecule is CCNC(C)(CO)CCOc1ccccc1C(F)(F)F. The highest BCUT2D eigenvalue weighted by atomic mass is 19.4. The Morgan fingerprint density at radius 2 is 1.90 bits per heavy atom. The van der Waals surface area contributed by atoms with Gasteiger partial charge in [-0.2, -0.15) is 13.2 Å². The van der Waals surface area contributed by atoms with Gasteiger partial charge < -0.3 is 15.2 Å². The van der Waals surface area contributed by atoms with Crippen molar-refractivity contribution >= 4 is 0 Å². The summed E-state index contributed by atoms with van der Waals surface area (Å²) in [5.41, 5.74) is -1.34. The van der Waals surface area contributed by atoms with Crippen LogP contribution in [0.25, 0.3) is 0 Å². The minimum atomic E-state index is -4.43. The summed E-state index contributed by atoms with van der Waals surface area (Å²) in [6.45, 7) is 4.35. The lowest BCUT2D eigenvalue weighted by Gasteiger charge is -2.28. The number of hydrogen-bond donors (Lipinski definition) is 2. The van der Waals surface area contributed by atoms with Crippen LogP contribution in [0, 0.1) is 0 Å². The van der Waals surface area contributed by atoms with E-state index in [1.165, 1.54) is 18.2 Å². The minimum absolute atomic E-state index is 0.0944. The van der Waals surface area contributed by atoms with Crippen LogP contribution in [0.2, 0.25) is 0 Å². The summed E-state index contributed by atoms with van der Waals surface area (Å²) in [7, 11) is 0. The van der Waals surface area contributed by atoms with Gasteiger partial charge in [-0.15, -0.1) is 0 Å². The average molecular weight is 291 g/mol. The molecule has 20 heavy (non-hydrogen) atoms. The van der Waals surface area contributed by atoms with Crippen molar-refractivity contribution in [2.45, 2.75) is 32.0 Å². The first-order valence-corrected chi connectivity index (χ1v) is 6.47. The maximum atomic E-state index is 12.8. The van der Waals surface area contributed by atoms with Crippen LogP contribution in [0.5, 0.6) is 5.75 Å². The molecule has 0 saturated heterocycles. The molecule has 1 atom stereocenters. The standard InChI is InChI=1S/C14H20F3NO2/c1-3-18-13(2,10-19)8-9-20-12-7-5-4-6-11(12)14(15,16)17/h4-7,18-19H,3,8-10H2,1-2H3. The largest absolute Gasteiger partial charge is 0.493 e. The molecule has 0 amide bonds. The van der Waals surface area contributed by atoms with Crippen LogP contribution in [0.4, 0.5) is 13.2 Å². The van der Waals surface area contributed by atoms with Crippen LogP contribution in [0.1, 0.15) is 25.8 Å². The molecule has 1 rings (SSSR count). The molecule has 0 aliphatic rings. The Morgan fingerprint density at radius 1 is 1.25 bits per heavy atom. The van der Waals surface area contributed by atoms with E-state index < -0.39 is 17.3 Å². The molecule has 0 saturated carbocycles. The lowest BCUT2D eigenvalue weighted by Crippen LogP contribution is -2.46. The van der Waals surface area contributed by atoms with Crippen molar-refractivity contribution in [3.8, 4) is 5.75 Å². The van der Waals surface area contributed by atoms with Crippen LogP contribution in [-0.4, -0.2) is 30.4 Å². The van der Waals surface area contributed by atoms with Gasteiger partial charge in [-0.3, -0.25) is 0 Å². The van der Waals surface area contributed by atoms with Crippen molar-refractivity contribution in [2.75, 3.05) is 19.8 Å². The number of nitrogens with one attached hydrogen (secondary N) is 1. The van der Waals surface area contributed by atoms with Gasteiger partial charge in [0.1, 0.15) is 5.75 Å². The number of alkyl halides is 3. The van der Waals surface area contributed by atoms with Crippen LogP contribution < -0.4 is 10.1 Å². The predicted octanol–water partition coefficient (Wildman–Crippen LogP) is 2.83. The second kappa shape index (κ2) is 6.95. The van der Waals surface area contributed by atoms with Crippen molar-refractivity contribution in [1.82, 2.24) is 5.32 Å². The van der Waals surface area contributed by atoms with E-state index in [1.54, 1.807) is 6.92 Å². The molecule has 1 unspecified atom stereocenters. The number of aliphatic hydroxyl groups excluding tert-OH is 1. The van der Waals surface area contributed by atoms with Crippen LogP contribution in [0.3, 0.4) is 0 Å². The van der Waals surface area contributed by atoms with Gasteiger partial charge in [0.05, 0.1) is 18.8 Å². The van der Waals surface area contributed by atoms with E-state index in [0.717, 1.165) is 6.07 Å². The smallest absolute Gasteiger partial charge is 0.419 e. The van der Waals surface area contributed by atoms with Gasteiger partial charge in [0.2, 0.25) is 0 Å². The number of para-hydroxylation sites is 1. The molecule has 1 aromatic carbocycles. The fourth-order valence-electron chi connectivity index (χ4n) is 1.86. The summed E-state index contributed by atoms with van der Waals surface area (Å²) in [4.78, 5) is 0. The van der Waals surface area contributed by atoms with Crippen molar-refractivity contribution in [1.29, 1.82) is 0 Å². The first-order chi connectivity index (χ1) is 9.32. The molecule has 0 radical (unpaired) electrons. The van der Waals surface area contributed by atoms with E-state index in [1.807, 2.05) is 6.92 Å². The zero-order valence-electron chi connectivity index (χ0n) is 11.6. The predicted molar refractivity (Wildman–Crippen MR) is 70.7 cm³/mol. The molecule has 0 bridgehead atoms. The van der Waals surface area contributed by atoms with Crippen LogP contribution in [-0.2, 0) is 6.18 Å². The van der Waals surface area contributed by atoms with Gasteiger partial charge in [-0.05, 0) is 25.6 Å². The molecule has 0 spiro atoms. The fraction of sp³-hybridized carbons (Fsp3) is 0.571. The van der Waals surface area contributed by atoms with Gasteiger partial charge in [-0.1, -0.05) is 19.1 Å². The first kappa shape index (κ1) is 16.8. The lowest BCUT2D eigenvalue weighted by molar-refractivity contribution is -0.139. The Bertz CT molecular complexity index is 423. The second-order valence-electron chi connectivity index (χ2n) is 4.84.